The molecule has 2 aliphatic heterocycles. The number of carbonyl (C=O) groups is 1. The molecule has 1 aromatic heterocycles. The van der Waals surface area contributed by atoms with Crippen molar-refractivity contribution in [3.05, 3.63) is 53.7 Å². The number of rotatable bonds is 15. The van der Waals surface area contributed by atoms with Crippen LogP contribution in [-0.4, -0.2) is 114 Å². The molecule has 50 heavy (non-hydrogen) atoms. The fourth-order valence-electron chi connectivity index (χ4n) is 6.21. The second kappa shape index (κ2) is 17.4. The molecular weight excluding hydrogens is 680 g/mol. The molecule has 272 valence electrons. The topological polar surface area (TPSA) is 132 Å². The number of unbranched alkanes of at least 4 members (excludes halogenated alkanes) is 1. The molecule has 0 aliphatic carbocycles. The van der Waals surface area contributed by atoms with E-state index in [-0.39, 0.29) is 11.0 Å². The first-order valence-corrected chi connectivity index (χ1v) is 19.4. The van der Waals surface area contributed by atoms with E-state index in [0.29, 0.717) is 53.6 Å². The first-order valence-electron chi connectivity index (χ1n) is 17.2. The molecule has 0 amide bonds. The quantitative estimate of drug-likeness (QED) is 0.158. The van der Waals surface area contributed by atoms with Crippen molar-refractivity contribution in [1.29, 1.82) is 0 Å². The van der Waals surface area contributed by atoms with Gasteiger partial charge in [0, 0.05) is 51.5 Å². The van der Waals surface area contributed by atoms with Crippen LogP contribution in [0.15, 0.2) is 48.7 Å². The molecular formula is C35H49ClN8O5S. The van der Waals surface area contributed by atoms with Gasteiger partial charge in [-0.2, -0.15) is 4.98 Å². The molecule has 2 saturated heterocycles. The van der Waals surface area contributed by atoms with E-state index in [9.17, 15) is 13.2 Å². The van der Waals surface area contributed by atoms with Gasteiger partial charge in [0.2, 0.25) is 16.0 Å². The third-order valence-corrected chi connectivity index (χ3v) is 10.7. The largest absolute Gasteiger partial charge is 0.494 e. The van der Waals surface area contributed by atoms with Crippen molar-refractivity contribution in [1.82, 2.24) is 19.8 Å². The van der Waals surface area contributed by atoms with Crippen LogP contribution in [0.1, 0.15) is 32.6 Å². The Kier molecular flexibility index (Phi) is 13.0. The molecule has 0 saturated carbocycles. The number of esters is 1. The highest BCUT2D eigenvalue weighted by Crippen LogP contribution is 2.34. The van der Waals surface area contributed by atoms with E-state index in [4.69, 9.17) is 21.1 Å². The third-order valence-electron chi connectivity index (χ3n) is 9.24. The molecule has 5 rings (SSSR count). The van der Waals surface area contributed by atoms with Crippen LogP contribution in [-0.2, 0) is 19.6 Å². The highest BCUT2D eigenvalue weighted by molar-refractivity contribution is 7.92. The number of hydrogen-bond donors (Lipinski definition) is 2. The van der Waals surface area contributed by atoms with Gasteiger partial charge in [-0.05, 0) is 62.5 Å². The standard InChI is InChI=1S/C35H49ClN8O5S/c1-5-6-21-49-33(45)25-42-15-13-26(14-16-42)24-43-17-19-44(20-18-43)27-11-12-30(32(22-27)48-3)39-35-37-23-28(36)34(40-35)38-29-9-7-8-10-31(29)41(2)50(4,46)47/h7-12,22-23,26H,5-6,13-21,24-25H2,1-4H3,(H2,37,38,39,40). The molecule has 2 N–H and O–H groups in total. The monoisotopic (exact) mass is 728 g/mol. The lowest BCUT2D eigenvalue weighted by atomic mass is 9.96. The fraction of sp³-hybridized carbons (Fsp3) is 0.514. The summed E-state index contributed by atoms with van der Waals surface area (Å²) in [5.74, 6) is 1.81. The Morgan fingerprint density at radius 2 is 1.76 bits per heavy atom. The lowest BCUT2D eigenvalue weighted by Crippen LogP contribution is -2.49. The summed E-state index contributed by atoms with van der Waals surface area (Å²) in [7, 11) is -0.361. The average Bonchev–Trinajstić information content (AvgIpc) is 3.11. The van der Waals surface area contributed by atoms with Gasteiger partial charge in [0.15, 0.2) is 5.82 Å². The van der Waals surface area contributed by atoms with Gasteiger partial charge in [-0.3, -0.25) is 18.9 Å². The number of aromatic nitrogens is 2. The van der Waals surface area contributed by atoms with Crippen LogP contribution in [0.3, 0.4) is 0 Å². The van der Waals surface area contributed by atoms with Crippen LogP contribution >= 0.6 is 11.6 Å². The number of halogens is 1. The number of likely N-dealkylation sites (tertiary alicyclic amines) is 1. The van der Waals surface area contributed by atoms with Gasteiger partial charge in [-0.25, -0.2) is 13.4 Å². The first kappa shape index (κ1) is 37.4. The maximum Gasteiger partial charge on any atom is 0.320 e. The molecule has 0 spiro atoms. The number of methoxy groups -OCH3 is 1. The van der Waals surface area contributed by atoms with E-state index in [1.165, 1.54) is 17.5 Å². The van der Waals surface area contributed by atoms with Crippen molar-refractivity contribution < 1.29 is 22.7 Å². The van der Waals surface area contributed by atoms with Gasteiger partial charge in [0.05, 0.1) is 49.8 Å². The third kappa shape index (κ3) is 10.1. The minimum absolute atomic E-state index is 0.103. The van der Waals surface area contributed by atoms with Crippen molar-refractivity contribution in [2.24, 2.45) is 5.92 Å². The zero-order valence-electron chi connectivity index (χ0n) is 29.4. The molecule has 3 heterocycles. The normalized spacial score (nSPS) is 16.2. The number of piperazine rings is 1. The van der Waals surface area contributed by atoms with Gasteiger partial charge in [0.25, 0.3) is 0 Å². The Balaban J connectivity index is 1.14. The highest BCUT2D eigenvalue weighted by atomic mass is 35.5. The summed E-state index contributed by atoms with van der Waals surface area (Å²) in [4.78, 5) is 28.2. The lowest BCUT2D eigenvalue weighted by molar-refractivity contribution is -0.145. The number of carbonyl (C=O) groups excluding carboxylic acids is 1. The van der Waals surface area contributed by atoms with Gasteiger partial charge < -0.3 is 25.0 Å². The zero-order chi connectivity index (χ0) is 35.7. The summed E-state index contributed by atoms with van der Waals surface area (Å²) in [5.41, 5.74) is 2.75. The number of anilines is 6. The molecule has 15 heteroatoms. The zero-order valence-corrected chi connectivity index (χ0v) is 31.0. The molecule has 3 aromatic rings. The molecule has 2 aromatic carbocycles. The van der Waals surface area contributed by atoms with E-state index in [0.717, 1.165) is 83.4 Å². The predicted molar refractivity (Wildman–Crippen MR) is 200 cm³/mol. The van der Waals surface area contributed by atoms with E-state index < -0.39 is 10.0 Å². The minimum atomic E-state index is -3.48. The van der Waals surface area contributed by atoms with E-state index >= 15 is 0 Å². The molecule has 0 radical (unpaired) electrons. The highest BCUT2D eigenvalue weighted by Gasteiger charge is 2.26. The smallest absolute Gasteiger partial charge is 0.320 e. The predicted octanol–water partition coefficient (Wildman–Crippen LogP) is 5.20. The molecule has 0 unspecified atom stereocenters. The number of para-hydroxylation sites is 2. The number of nitrogens with one attached hydrogen (secondary N) is 2. The molecule has 13 nitrogen and oxygen atoms in total. The van der Waals surface area contributed by atoms with Crippen LogP contribution in [0.5, 0.6) is 5.75 Å². The van der Waals surface area contributed by atoms with Crippen molar-refractivity contribution in [2.45, 2.75) is 32.6 Å². The van der Waals surface area contributed by atoms with Gasteiger partial charge in [-0.1, -0.05) is 37.1 Å². The van der Waals surface area contributed by atoms with Crippen molar-refractivity contribution in [3.8, 4) is 5.75 Å². The minimum Gasteiger partial charge on any atom is -0.494 e. The second-order valence-electron chi connectivity index (χ2n) is 12.9. The maximum absolute atomic E-state index is 12.2. The Morgan fingerprint density at radius 3 is 2.46 bits per heavy atom. The molecule has 2 aliphatic rings. The summed E-state index contributed by atoms with van der Waals surface area (Å²) in [6.45, 7) is 9.83. The van der Waals surface area contributed by atoms with Crippen LogP contribution in [0.2, 0.25) is 5.02 Å². The number of sulfonamides is 1. The summed E-state index contributed by atoms with van der Waals surface area (Å²) < 4.78 is 36.7. The number of ether oxygens (including phenoxy) is 2. The Bertz CT molecular complexity index is 1700. The number of piperidine rings is 1. The summed E-state index contributed by atoms with van der Waals surface area (Å²) in [6.07, 6.45) is 6.80. The van der Waals surface area contributed by atoms with Crippen molar-refractivity contribution in [3.63, 3.8) is 0 Å². The summed E-state index contributed by atoms with van der Waals surface area (Å²) in [6, 6.07) is 13.1. The lowest BCUT2D eigenvalue weighted by Gasteiger charge is -2.39. The van der Waals surface area contributed by atoms with Crippen molar-refractivity contribution >= 4 is 62.1 Å². The van der Waals surface area contributed by atoms with Crippen LogP contribution < -0.4 is 24.6 Å². The van der Waals surface area contributed by atoms with E-state index in [1.54, 1.807) is 31.4 Å². The van der Waals surface area contributed by atoms with E-state index in [2.05, 4.69) is 48.3 Å². The average molecular weight is 729 g/mol. The summed E-state index contributed by atoms with van der Waals surface area (Å²) in [5, 5.41) is 6.67. The van der Waals surface area contributed by atoms with Gasteiger partial charge in [-0.15, -0.1) is 0 Å². The maximum atomic E-state index is 12.2. The first-order chi connectivity index (χ1) is 24.0. The second-order valence-corrected chi connectivity index (χ2v) is 15.3. The SMILES string of the molecule is CCCCOC(=O)CN1CCC(CN2CCN(c3ccc(Nc4ncc(Cl)c(Nc5ccccc5N(C)S(C)(=O)=O)n4)c(OC)c3)CC2)CC1. The molecule has 2 fully saturated rings. The van der Waals surface area contributed by atoms with Crippen LogP contribution in [0.25, 0.3) is 0 Å². The number of benzene rings is 2. The van der Waals surface area contributed by atoms with Crippen LogP contribution in [0, 0.1) is 5.92 Å². The molecule has 0 bridgehead atoms. The van der Waals surface area contributed by atoms with Crippen LogP contribution in [0.4, 0.5) is 34.5 Å². The fourth-order valence-corrected chi connectivity index (χ4v) is 6.87. The van der Waals surface area contributed by atoms with Gasteiger partial charge in [0.1, 0.15) is 10.8 Å². The Hall–Kier alpha value is -3.85. The summed E-state index contributed by atoms with van der Waals surface area (Å²) >= 11 is 6.44. The molecule has 0 atom stereocenters. The number of nitrogens with zero attached hydrogens (tertiary/aromatic N) is 6. The Labute approximate surface area is 300 Å². The van der Waals surface area contributed by atoms with Crippen molar-refractivity contribution in [2.75, 3.05) is 99.2 Å². The van der Waals surface area contributed by atoms with E-state index in [1.807, 2.05) is 12.1 Å². The Morgan fingerprint density at radius 1 is 1.02 bits per heavy atom. The number of hydrogen-bond acceptors (Lipinski definition) is 12. The van der Waals surface area contributed by atoms with Gasteiger partial charge >= 0.3 is 5.97 Å².